The molecule has 0 aromatic heterocycles. The van der Waals surface area contributed by atoms with E-state index in [-0.39, 0.29) is 31.5 Å². The molecule has 3 amide bonds. The summed E-state index contributed by atoms with van der Waals surface area (Å²) in [6, 6.07) is 5.38. The van der Waals surface area contributed by atoms with Gasteiger partial charge in [-0.15, -0.1) is 0 Å². The predicted octanol–water partition coefficient (Wildman–Crippen LogP) is 5.05. The van der Waals surface area contributed by atoms with E-state index in [2.05, 4.69) is 0 Å². The van der Waals surface area contributed by atoms with E-state index < -0.39 is 35.0 Å². The summed E-state index contributed by atoms with van der Waals surface area (Å²) in [5, 5.41) is 0. The Balaban J connectivity index is 1.74. The molecule has 2 bridgehead atoms. The topological polar surface area (TPSA) is 88.6 Å². The number of methoxy groups -OCH3 is 1. The Morgan fingerprint density at radius 2 is 1.67 bits per heavy atom. The van der Waals surface area contributed by atoms with Crippen LogP contribution in [-0.4, -0.2) is 81.8 Å². The molecule has 9 heteroatoms. The van der Waals surface area contributed by atoms with Crippen molar-refractivity contribution in [3.63, 3.8) is 0 Å². The van der Waals surface area contributed by atoms with Gasteiger partial charge in [-0.05, 0) is 84.9 Å². The fourth-order valence-corrected chi connectivity index (χ4v) is 5.41. The third kappa shape index (κ3) is 6.17. The second kappa shape index (κ2) is 10.4. The molecule has 0 spiro atoms. The van der Waals surface area contributed by atoms with Gasteiger partial charge in [0, 0.05) is 19.1 Å². The molecule has 0 radical (unpaired) electrons. The van der Waals surface area contributed by atoms with E-state index in [0.717, 1.165) is 29.7 Å². The number of ether oxygens (including phenoxy) is 3. The summed E-state index contributed by atoms with van der Waals surface area (Å²) in [5.41, 5.74) is -0.786. The van der Waals surface area contributed by atoms with Crippen molar-refractivity contribution in [2.75, 3.05) is 20.2 Å². The quantitative estimate of drug-likeness (QED) is 0.485. The molecule has 2 atom stereocenters. The fourth-order valence-electron chi connectivity index (χ4n) is 5.41. The summed E-state index contributed by atoms with van der Waals surface area (Å²) in [5.74, 6) is 0.583. The van der Waals surface area contributed by atoms with E-state index in [0.29, 0.717) is 6.54 Å². The molecular formula is C30H43N3O6. The number of fused-ring (bicyclic) bond motifs is 2. The van der Waals surface area contributed by atoms with Gasteiger partial charge in [-0.1, -0.05) is 24.3 Å². The van der Waals surface area contributed by atoms with Gasteiger partial charge in [0.1, 0.15) is 22.5 Å². The highest BCUT2D eigenvalue weighted by Gasteiger charge is 2.58. The van der Waals surface area contributed by atoms with Crippen molar-refractivity contribution >= 4 is 18.1 Å². The van der Waals surface area contributed by atoms with Crippen molar-refractivity contribution < 1.29 is 28.6 Å². The molecule has 1 aromatic rings. The van der Waals surface area contributed by atoms with Crippen LogP contribution in [0.1, 0.15) is 71.9 Å². The third-order valence-corrected chi connectivity index (χ3v) is 7.31. The molecule has 0 N–H and O–H groups in total. The van der Waals surface area contributed by atoms with Crippen molar-refractivity contribution in [1.82, 2.24) is 14.7 Å². The van der Waals surface area contributed by atoms with Crippen LogP contribution < -0.4 is 4.74 Å². The highest BCUT2D eigenvalue weighted by atomic mass is 16.6. The second-order valence-electron chi connectivity index (χ2n) is 12.9. The van der Waals surface area contributed by atoms with Crippen molar-refractivity contribution in [3.05, 3.63) is 41.5 Å². The molecule has 39 heavy (non-hydrogen) atoms. The molecule has 2 fully saturated rings. The molecule has 2 unspecified atom stereocenters. The zero-order valence-electron chi connectivity index (χ0n) is 24.6. The van der Waals surface area contributed by atoms with Gasteiger partial charge in [-0.3, -0.25) is 9.69 Å². The number of hydrogen-bond donors (Lipinski definition) is 0. The first-order valence-corrected chi connectivity index (χ1v) is 13.8. The zero-order chi connectivity index (χ0) is 28.8. The Morgan fingerprint density at radius 3 is 2.26 bits per heavy atom. The van der Waals surface area contributed by atoms with E-state index in [4.69, 9.17) is 14.2 Å². The number of benzene rings is 1. The summed E-state index contributed by atoms with van der Waals surface area (Å²) in [7, 11) is 1.63. The maximum atomic E-state index is 14.7. The molecule has 3 aliphatic rings. The standard InChI is InChI=1S/C30H43N3O6/c1-20-21(11-9-13-24(20)37-8)17-32(22-14-15-22)25(34)30-16-10-12-23(33(30)27(36)39-29(5,6)7)18-31(19-30)26(35)38-28(2,3)4/h9-13,22-23H,14-19H2,1-8H3. The number of amides is 3. The Morgan fingerprint density at radius 1 is 1.03 bits per heavy atom. The van der Waals surface area contributed by atoms with Crippen LogP contribution in [0, 0.1) is 6.92 Å². The second-order valence-corrected chi connectivity index (χ2v) is 12.9. The first-order chi connectivity index (χ1) is 18.1. The van der Waals surface area contributed by atoms with Gasteiger partial charge < -0.3 is 24.0 Å². The lowest BCUT2D eigenvalue weighted by molar-refractivity contribution is -0.153. The third-order valence-electron chi connectivity index (χ3n) is 7.31. The van der Waals surface area contributed by atoms with Crippen LogP contribution in [0.5, 0.6) is 5.75 Å². The van der Waals surface area contributed by atoms with Gasteiger partial charge >= 0.3 is 12.2 Å². The molecule has 1 saturated heterocycles. The van der Waals surface area contributed by atoms with Crippen molar-refractivity contribution in [3.8, 4) is 5.75 Å². The van der Waals surface area contributed by atoms with Gasteiger partial charge in [0.15, 0.2) is 0 Å². The van der Waals surface area contributed by atoms with Crippen molar-refractivity contribution in [2.24, 2.45) is 0 Å². The molecule has 1 aromatic carbocycles. The monoisotopic (exact) mass is 541 g/mol. The average molecular weight is 542 g/mol. The minimum absolute atomic E-state index is 0.0289. The lowest BCUT2D eigenvalue weighted by Crippen LogP contribution is -2.75. The number of nitrogens with zero attached hydrogens (tertiary/aromatic N) is 3. The van der Waals surface area contributed by atoms with Crippen LogP contribution in [0.3, 0.4) is 0 Å². The first-order valence-electron chi connectivity index (χ1n) is 13.8. The number of hydrogen-bond acceptors (Lipinski definition) is 6. The summed E-state index contributed by atoms with van der Waals surface area (Å²) >= 11 is 0. The van der Waals surface area contributed by atoms with Crippen molar-refractivity contribution in [1.29, 1.82) is 0 Å². The smallest absolute Gasteiger partial charge is 0.411 e. The van der Waals surface area contributed by atoms with Gasteiger partial charge in [-0.25, -0.2) is 9.59 Å². The highest BCUT2D eigenvalue weighted by Crippen LogP contribution is 2.41. The summed E-state index contributed by atoms with van der Waals surface area (Å²) < 4.78 is 17.0. The Kier molecular flexibility index (Phi) is 7.67. The number of piperazine rings is 1. The first kappa shape index (κ1) is 28.8. The number of carbonyl (C=O) groups excluding carboxylic acids is 3. The number of rotatable bonds is 5. The largest absolute Gasteiger partial charge is 0.496 e. The Labute approximate surface area is 232 Å². The molecule has 2 heterocycles. The van der Waals surface area contributed by atoms with Crippen LogP contribution in [0.15, 0.2) is 30.4 Å². The molecule has 1 aliphatic carbocycles. The van der Waals surface area contributed by atoms with E-state index >= 15 is 0 Å². The molecule has 9 nitrogen and oxygen atoms in total. The lowest BCUT2D eigenvalue weighted by atomic mass is 9.82. The summed E-state index contributed by atoms with van der Waals surface area (Å²) in [6.45, 7) is 13.5. The predicted molar refractivity (Wildman–Crippen MR) is 147 cm³/mol. The maximum absolute atomic E-state index is 14.7. The molecule has 1 saturated carbocycles. The van der Waals surface area contributed by atoms with E-state index in [1.165, 1.54) is 0 Å². The van der Waals surface area contributed by atoms with Crippen LogP contribution in [0.4, 0.5) is 9.59 Å². The fraction of sp³-hybridized carbons (Fsp3) is 0.633. The van der Waals surface area contributed by atoms with Gasteiger partial charge in [0.05, 0.1) is 19.7 Å². The van der Waals surface area contributed by atoms with Gasteiger partial charge in [0.2, 0.25) is 0 Å². The van der Waals surface area contributed by atoms with Crippen molar-refractivity contribution in [2.45, 2.75) is 103 Å². The highest BCUT2D eigenvalue weighted by molar-refractivity contribution is 5.93. The molecule has 2 aliphatic heterocycles. The SMILES string of the molecule is COc1cccc(CN(C(=O)C23CC=CC(CN(C(=O)OC(C)(C)C)C2)N3C(=O)OC(C)(C)C)C2CC2)c1C. The minimum Gasteiger partial charge on any atom is -0.496 e. The van der Waals surface area contributed by atoms with Gasteiger partial charge in [0.25, 0.3) is 5.91 Å². The molecule has 214 valence electrons. The normalized spacial score (nSPS) is 22.8. The average Bonchev–Trinajstić information content (AvgIpc) is 3.65. The lowest BCUT2D eigenvalue weighted by Gasteiger charge is -2.55. The Hall–Kier alpha value is -3.23. The Bertz CT molecular complexity index is 1150. The van der Waals surface area contributed by atoms with Crippen LogP contribution in [0.25, 0.3) is 0 Å². The van der Waals surface area contributed by atoms with E-state index in [1.807, 2.05) is 83.7 Å². The minimum atomic E-state index is -1.31. The van der Waals surface area contributed by atoms with E-state index in [1.54, 1.807) is 16.9 Å². The van der Waals surface area contributed by atoms with E-state index in [9.17, 15) is 14.4 Å². The van der Waals surface area contributed by atoms with Gasteiger partial charge in [-0.2, -0.15) is 0 Å². The summed E-state index contributed by atoms with van der Waals surface area (Å²) in [6.07, 6.45) is 4.87. The zero-order valence-corrected chi connectivity index (χ0v) is 24.6. The van der Waals surface area contributed by atoms with Crippen LogP contribution in [-0.2, 0) is 20.8 Å². The van der Waals surface area contributed by atoms with Crippen LogP contribution >= 0.6 is 0 Å². The maximum Gasteiger partial charge on any atom is 0.411 e. The molecule has 4 rings (SSSR count). The molecular weight excluding hydrogens is 498 g/mol. The van der Waals surface area contributed by atoms with Crippen LogP contribution in [0.2, 0.25) is 0 Å². The summed E-state index contributed by atoms with van der Waals surface area (Å²) in [4.78, 5) is 46.7. The number of carbonyl (C=O) groups is 3.